The van der Waals surface area contributed by atoms with Crippen LogP contribution in [0.15, 0.2) is 29.2 Å². The average Bonchev–Trinajstić information content (AvgIpc) is 2.25. The summed E-state index contributed by atoms with van der Waals surface area (Å²) in [6.45, 7) is 0.699. The number of carboxylic acids is 1. The van der Waals surface area contributed by atoms with E-state index in [2.05, 4.69) is 5.32 Å². The molecule has 3 nitrogen and oxygen atoms in total. The van der Waals surface area contributed by atoms with E-state index in [4.69, 9.17) is 5.11 Å². The van der Waals surface area contributed by atoms with Crippen LogP contribution in [0.5, 0.6) is 0 Å². The van der Waals surface area contributed by atoms with Crippen LogP contribution in [0.1, 0.15) is 12.8 Å². The van der Waals surface area contributed by atoms with Gasteiger partial charge in [-0.2, -0.15) is 0 Å². The zero-order valence-electron chi connectivity index (χ0n) is 8.69. The van der Waals surface area contributed by atoms with Crippen LogP contribution in [-0.4, -0.2) is 23.9 Å². The third kappa shape index (κ3) is 4.74. The first-order chi connectivity index (χ1) is 7.22. The molecule has 0 spiro atoms. The molecule has 0 amide bonds. The highest BCUT2D eigenvalue weighted by Crippen LogP contribution is 2.17. The molecule has 2 N–H and O–H groups in total. The van der Waals surface area contributed by atoms with E-state index >= 15 is 0 Å². The zero-order valence-corrected chi connectivity index (χ0v) is 9.51. The summed E-state index contributed by atoms with van der Waals surface area (Å²) in [4.78, 5) is 11.5. The molecule has 0 saturated heterocycles. The molecule has 0 atom stereocenters. The van der Waals surface area contributed by atoms with Crippen molar-refractivity contribution in [3.05, 3.63) is 24.3 Å². The number of hydrogen-bond donors (Lipinski definition) is 2. The maximum atomic E-state index is 10.3. The van der Waals surface area contributed by atoms with Gasteiger partial charge in [-0.05, 0) is 36.9 Å². The minimum Gasteiger partial charge on any atom is -0.481 e. The summed E-state index contributed by atoms with van der Waals surface area (Å²) in [6.07, 6.45) is 2.91. The molecule has 82 valence electrons. The van der Waals surface area contributed by atoms with Crippen LogP contribution >= 0.6 is 11.8 Å². The number of benzene rings is 1. The van der Waals surface area contributed by atoms with Crippen LogP contribution < -0.4 is 5.32 Å². The Hall–Kier alpha value is -1.16. The summed E-state index contributed by atoms with van der Waals surface area (Å²) in [5.41, 5.74) is 1.04. The maximum absolute atomic E-state index is 10.3. The first-order valence-electron chi connectivity index (χ1n) is 4.82. The van der Waals surface area contributed by atoms with Crippen LogP contribution in [0.2, 0.25) is 0 Å². The summed E-state index contributed by atoms with van der Waals surface area (Å²) < 4.78 is 0. The molecule has 0 bridgehead atoms. The van der Waals surface area contributed by atoms with Crippen LogP contribution in [0.4, 0.5) is 5.69 Å². The molecule has 1 aromatic rings. The third-order valence-electron chi connectivity index (χ3n) is 1.99. The van der Waals surface area contributed by atoms with Crippen molar-refractivity contribution in [2.24, 2.45) is 0 Å². The van der Waals surface area contributed by atoms with E-state index in [1.807, 2.05) is 30.5 Å². The second-order valence-corrected chi connectivity index (χ2v) is 4.03. The third-order valence-corrected chi connectivity index (χ3v) is 2.73. The fraction of sp³-hybridized carbons (Fsp3) is 0.364. The molecule has 1 aromatic carbocycles. The second kappa shape index (κ2) is 6.35. The number of rotatable bonds is 6. The van der Waals surface area contributed by atoms with Crippen molar-refractivity contribution in [2.45, 2.75) is 17.7 Å². The van der Waals surface area contributed by atoms with E-state index in [0.29, 0.717) is 13.0 Å². The van der Waals surface area contributed by atoms with Crippen molar-refractivity contribution in [3.63, 3.8) is 0 Å². The molecule has 0 heterocycles. The fourth-order valence-electron chi connectivity index (χ4n) is 1.18. The van der Waals surface area contributed by atoms with Gasteiger partial charge in [0, 0.05) is 23.5 Å². The van der Waals surface area contributed by atoms with E-state index in [1.165, 1.54) is 4.90 Å². The van der Waals surface area contributed by atoms with E-state index in [0.717, 1.165) is 5.69 Å². The number of aliphatic carboxylic acids is 1. The highest BCUT2D eigenvalue weighted by molar-refractivity contribution is 7.98. The van der Waals surface area contributed by atoms with Crippen LogP contribution in [0.3, 0.4) is 0 Å². The quantitative estimate of drug-likeness (QED) is 0.577. The standard InChI is InChI=1S/C11H15NO2S/c1-15-10-6-4-9(5-7-10)12-8-2-3-11(13)14/h4-7,12H,2-3,8H2,1H3,(H,13,14). The molecule has 1 rings (SSSR count). The number of carboxylic acid groups (broad SMARTS) is 1. The lowest BCUT2D eigenvalue weighted by Crippen LogP contribution is -2.04. The smallest absolute Gasteiger partial charge is 0.303 e. The molecule has 0 saturated carbocycles. The van der Waals surface area contributed by atoms with Crippen molar-refractivity contribution in [1.29, 1.82) is 0 Å². The Morgan fingerprint density at radius 2 is 2.07 bits per heavy atom. The van der Waals surface area contributed by atoms with Crippen molar-refractivity contribution < 1.29 is 9.90 Å². The summed E-state index contributed by atoms with van der Waals surface area (Å²) in [6, 6.07) is 8.10. The molecule has 4 heteroatoms. The van der Waals surface area contributed by atoms with Gasteiger partial charge in [0.1, 0.15) is 0 Å². The summed E-state index contributed by atoms with van der Waals surface area (Å²) in [7, 11) is 0. The lowest BCUT2D eigenvalue weighted by atomic mass is 10.3. The van der Waals surface area contributed by atoms with Gasteiger partial charge in [-0.15, -0.1) is 11.8 Å². The molecule has 0 radical (unpaired) electrons. The van der Waals surface area contributed by atoms with Gasteiger partial charge in [-0.3, -0.25) is 4.79 Å². The Labute approximate surface area is 93.9 Å². The van der Waals surface area contributed by atoms with Crippen LogP contribution in [0, 0.1) is 0 Å². The lowest BCUT2D eigenvalue weighted by Gasteiger charge is -2.05. The van der Waals surface area contributed by atoms with Crippen molar-refractivity contribution in [2.75, 3.05) is 18.1 Å². The Morgan fingerprint density at radius 1 is 1.40 bits per heavy atom. The van der Waals surface area contributed by atoms with Gasteiger partial charge in [0.25, 0.3) is 0 Å². The van der Waals surface area contributed by atoms with E-state index in [-0.39, 0.29) is 6.42 Å². The Morgan fingerprint density at radius 3 is 2.60 bits per heavy atom. The van der Waals surface area contributed by atoms with Gasteiger partial charge in [-0.1, -0.05) is 0 Å². The minimum atomic E-state index is -0.741. The topological polar surface area (TPSA) is 49.3 Å². The molecule has 15 heavy (non-hydrogen) atoms. The summed E-state index contributed by atoms with van der Waals surface area (Å²) in [5.74, 6) is -0.741. The van der Waals surface area contributed by atoms with Gasteiger partial charge in [0.15, 0.2) is 0 Å². The van der Waals surface area contributed by atoms with Crippen molar-refractivity contribution >= 4 is 23.4 Å². The van der Waals surface area contributed by atoms with Gasteiger partial charge < -0.3 is 10.4 Å². The van der Waals surface area contributed by atoms with E-state index in [9.17, 15) is 4.79 Å². The zero-order chi connectivity index (χ0) is 11.1. The fourth-order valence-corrected chi connectivity index (χ4v) is 1.59. The van der Waals surface area contributed by atoms with Gasteiger partial charge in [-0.25, -0.2) is 0 Å². The summed E-state index contributed by atoms with van der Waals surface area (Å²) >= 11 is 1.70. The Balaban J connectivity index is 2.28. The minimum absolute atomic E-state index is 0.218. The molecule has 0 aromatic heterocycles. The van der Waals surface area contributed by atoms with Crippen molar-refractivity contribution in [1.82, 2.24) is 0 Å². The number of anilines is 1. The molecule has 0 aliphatic heterocycles. The Kier molecular flexibility index (Phi) is 5.04. The molecular weight excluding hydrogens is 210 g/mol. The first kappa shape index (κ1) is 11.9. The Bertz CT molecular complexity index is 311. The predicted molar refractivity (Wildman–Crippen MR) is 63.6 cm³/mol. The number of carbonyl (C=O) groups is 1. The largest absolute Gasteiger partial charge is 0.481 e. The molecule has 0 aliphatic carbocycles. The maximum Gasteiger partial charge on any atom is 0.303 e. The van der Waals surface area contributed by atoms with Gasteiger partial charge in [0.2, 0.25) is 0 Å². The molecular formula is C11H15NO2S. The van der Waals surface area contributed by atoms with Gasteiger partial charge in [0.05, 0.1) is 0 Å². The second-order valence-electron chi connectivity index (χ2n) is 3.15. The molecule has 0 fully saturated rings. The highest BCUT2D eigenvalue weighted by Gasteiger charge is 1.96. The molecule has 0 aliphatic rings. The number of hydrogen-bond acceptors (Lipinski definition) is 3. The molecule has 0 unspecified atom stereocenters. The number of thioether (sulfide) groups is 1. The average molecular weight is 225 g/mol. The van der Waals surface area contributed by atoms with Crippen molar-refractivity contribution in [3.8, 4) is 0 Å². The SMILES string of the molecule is CSc1ccc(NCCCC(=O)O)cc1. The van der Waals surface area contributed by atoms with Crippen LogP contribution in [-0.2, 0) is 4.79 Å². The predicted octanol–water partition coefficient (Wildman–Crippen LogP) is 2.69. The highest BCUT2D eigenvalue weighted by atomic mass is 32.2. The van der Waals surface area contributed by atoms with E-state index in [1.54, 1.807) is 11.8 Å². The van der Waals surface area contributed by atoms with Gasteiger partial charge >= 0.3 is 5.97 Å². The first-order valence-corrected chi connectivity index (χ1v) is 6.04. The number of nitrogens with one attached hydrogen (secondary N) is 1. The normalized spacial score (nSPS) is 9.93. The monoisotopic (exact) mass is 225 g/mol. The summed E-state index contributed by atoms with van der Waals surface area (Å²) in [5, 5.41) is 11.6. The van der Waals surface area contributed by atoms with Crippen LogP contribution in [0.25, 0.3) is 0 Å². The van der Waals surface area contributed by atoms with E-state index < -0.39 is 5.97 Å². The lowest BCUT2D eigenvalue weighted by molar-refractivity contribution is -0.137.